The molecule has 25 heavy (non-hydrogen) atoms. The summed E-state index contributed by atoms with van der Waals surface area (Å²) >= 11 is 1.68. The molecule has 0 radical (unpaired) electrons. The van der Waals surface area contributed by atoms with Crippen LogP contribution >= 0.6 is 11.8 Å². The van der Waals surface area contributed by atoms with Crippen LogP contribution in [0.4, 0.5) is 0 Å². The predicted octanol–water partition coefficient (Wildman–Crippen LogP) is 4.28. The van der Waals surface area contributed by atoms with Gasteiger partial charge in [0.05, 0.1) is 0 Å². The van der Waals surface area contributed by atoms with Crippen molar-refractivity contribution >= 4 is 11.8 Å². The molecule has 1 aromatic heterocycles. The Morgan fingerprint density at radius 2 is 1.88 bits per heavy atom. The molecule has 1 saturated heterocycles. The first kappa shape index (κ1) is 18.2. The molecule has 2 aromatic rings. The van der Waals surface area contributed by atoms with Crippen LogP contribution in [0.3, 0.4) is 0 Å². The van der Waals surface area contributed by atoms with E-state index in [1.165, 1.54) is 30.4 Å². The van der Waals surface area contributed by atoms with E-state index in [-0.39, 0.29) is 0 Å². The van der Waals surface area contributed by atoms with Gasteiger partial charge in [-0.1, -0.05) is 37.2 Å². The Labute approximate surface area is 154 Å². The quantitative estimate of drug-likeness (QED) is 0.592. The predicted molar refractivity (Wildman–Crippen MR) is 103 cm³/mol. The number of hydrogen-bond donors (Lipinski definition) is 1. The molecule has 0 bridgehead atoms. The van der Waals surface area contributed by atoms with Crippen LogP contribution in [0.1, 0.15) is 43.7 Å². The van der Waals surface area contributed by atoms with Gasteiger partial charge in [0, 0.05) is 30.5 Å². The van der Waals surface area contributed by atoms with Crippen LogP contribution in [-0.4, -0.2) is 38.3 Å². The summed E-state index contributed by atoms with van der Waals surface area (Å²) in [5, 5.41) is 10.3. The van der Waals surface area contributed by atoms with Gasteiger partial charge in [-0.3, -0.25) is 4.90 Å². The van der Waals surface area contributed by atoms with Gasteiger partial charge in [-0.2, -0.15) is 0 Å². The van der Waals surface area contributed by atoms with E-state index in [0.29, 0.717) is 11.8 Å². The van der Waals surface area contributed by atoms with Gasteiger partial charge in [0.2, 0.25) is 0 Å². The summed E-state index contributed by atoms with van der Waals surface area (Å²) in [6.07, 6.45) is 10.1. The molecule has 1 N–H and O–H groups in total. The zero-order valence-electron chi connectivity index (χ0n) is 14.9. The molecule has 1 atom stereocenters. The van der Waals surface area contributed by atoms with Crippen LogP contribution < -0.4 is 0 Å². The second-order valence-electron chi connectivity index (χ2n) is 6.63. The monoisotopic (exact) mass is 357 g/mol. The second-order valence-corrected chi connectivity index (χ2v) is 7.86. The van der Waals surface area contributed by atoms with Crippen LogP contribution in [-0.2, 0) is 13.0 Å². The Bertz CT molecular complexity index is 645. The molecule has 1 aliphatic rings. The average Bonchev–Trinajstić information content (AvgIpc) is 2.64. The Morgan fingerprint density at radius 3 is 2.60 bits per heavy atom. The number of rotatable bonds is 7. The van der Waals surface area contributed by atoms with Crippen molar-refractivity contribution in [3.63, 3.8) is 0 Å². The fourth-order valence-electron chi connectivity index (χ4n) is 3.45. The molecule has 5 heteroatoms. The molecular weight excluding hydrogens is 330 g/mol. The molecule has 4 nitrogen and oxygen atoms in total. The van der Waals surface area contributed by atoms with Crippen LogP contribution in [0.25, 0.3) is 0 Å². The summed E-state index contributed by atoms with van der Waals surface area (Å²) in [5.74, 6) is 1.35. The zero-order chi connectivity index (χ0) is 17.5. The first-order valence-corrected chi connectivity index (χ1v) is 10.2. The van der Waals surface area contributed by atoms with Crippen molar-refractivity contribution < 1.29 is 5.11 Å². The summed E-state index contributed by atoms with van der Waals surface area (Å²) in [7, 11) is 0. The van der Waals surface area contributed by atoms with Crippen molar-refractivity contribution in [2.75, 3.05) is 12.3 Å². The van der Waals surface area contributed by atoms with Crippen molar-refractivity contribution in [1.29, 1.82) is 0 Å². The topological polar surface area (TPSA) is 49.2 Å². The first-order valence-electron chi connectivity index (χ1n) is 9.20. The smallest absolute Gasteiger partial charge is 0.187 e. The SMILES string of the molecule is CCSc1ncc(CN2CCCC[C@H]2CCc2ccc(O)cc2)cn1. The van der Waals surface area contributed by atoms with Crippen LogP contribution in [0.5, 0.6) is 5.75 Å². The molecule has 0 aliphatic carbocycles. The Kier molecular flexibility index (Phi) is 6.70. The molecule has 0 unspecified atom stereocenters. The van der Waals surface area contributed by atoms with E-state index in [0.717, 1.165) is 36.8 Å². The minimum Gasteiger partial charge on any atom is -0.508 e. The third kappa shape index (κ3) is 5.44. The molecular formula is C20H27N3OS. The third-order valence-corrected chi connectivity index (χ3v) is 5.55. The van der Waals surface area contributed by atoms with Gasteiger partial charge in [0.1, 0.15) is 5.75 Å². The van der Waals surface area contributed by atoms with E-state index in [1.807, 2.05) is 24.5 Å². The Morgan fingerprint density at radius 1 is 1.12 bits per heavy atom. The molecule has 0 amide bonds. The molecule has 3 rings (SSSR count). The van der Waals surface area contributed by atoms with E-state index in [1.54, 1.807) is 23.9 Å². The fraction of sp³-hybridized carbons (Fsp3) is 0.500. The van der Waals surface area contributed by atoms with Crippen molar-refractivity contribution in [1.82, 2.24) is 14.9 Å². The minimum atomic E-state index is 0.340. The summed E-state index contributed by atoms with van der Waals surface area (Å²) in [5.41, 5.74) is 2.50. The number of hydrogen-bond acceptors (Lipinski definition) is 5. The maximum atomic E-state index is 9.41. The van der Waals surface area contributed by atoms with E-state index in [9.17, 15) is 5.11 Å². The number of thioether (sulfide) groups is 1. The van der Waals surface area contributed by atoms with Crippen LogP contribution in [0.15, 0.2) is 41.8 Å². The first-order chi connectivity index (χ1) is 12.2. The highest BCUT2D eigenvalue weighted by atomic mass is 32.2. The number of aryl methyl sites for hydroxylation is 1. The maximum absolute atomic E-state index is 9.41. The van der Waals surface area contributed by atoms with E-state index >= 15 is 0 Å². The number of aromatic hydroxyl groups is 1. The number of benzene rings is 1. The molecule has 1 aliphatic heterocycles. The van der Waals surface area contributed by atoms with Crippen molar-refractivity contribution in [2.45, 2.75) is 56.8 Å². The number of nitrogens with zero attached hydrogens (tertiary/aromatic N) is 3. The van der Waals surface area contributed by atoms with Crippen molar-refractivity contribution in [3.05, 3.63) is 47.8 Å². The highest BCUT2D eigenvalue weighted by Crippen LogP contribution is 2.24. The van der Waals surface area contributed by atoms with Gasteiger partial charge < -0.3 is 5.11 Å². The Hall–Kier alpha value is -1.59. The lowest BCUT2D eigenvalue weighted by molar-refractivity contribution is 0.132. The summed E-state index contributed by atoms with van der Waals surface area (Å²) in [4.78, 5) is 11.5. The van der Waals surface area contributed by atoms with Gasteiger partial charge in [-0.25, -0.2) is 9.97 Å². The standard InChI is InChI=1S/C20H27N3OS/c1-2-25-20-21-13-17(14-22-20)15-23-12-4-3-5-18(23)9-6-16-7-10-19(24)11-8-16/h7-8,10-11,13-14,18,24H,2-6,9,12,15H2,1H3/t18-/m0/s1. The number of phenolic OH excluding ortho intramolecular Hbond substituents is 1. The normalized spacial score (nSPS) is 18.4. The lowest BCUT2D eigenvalue weighted by Crippen LogP contribution is -2.39. The highest BCUT2D eigenvalue weighted by molar-refractivity contribution is 7.99. The minimum absolute atomic E-state index is 0.340. The van der Waals surface area contributed by atoms with Gasteiger partial charge in [0.15, 0.2) is 5.16 Å². The fourth-order valence-corrected chi connectivity index (χ4v) is 3.97. The third-order valence-electron chi connectivity index (χ3n) is 4.79. The molecule has 1 fully saturated rings. The lowest BCUT2D eigenvalue weighted by atomic mass is 9.95. The number of aromatic nitrogens is 2. The molecule has 0 saturated carbocycles. The molecule has 1 aromatic carbocycles. The van der Waals surface area contributed by atoms with Gasteiger partial charge >= 0.3 is 0 Å². The van der Waals surface area contributed by atoms with E-state index in [4.69, 9.17) is 0 Å². The largest absolute Gasteiger partial charge is 0.508 e. The summed E-state index contributed by atoms with van der Waals surface area (Å²) in [6.45, 7) is 4.22. The van der Waals surface area contributed by atoms with Crippen LogP contribution in [0, 0.1) is 0 Å². The number of likely N-dealkylation sites (tertiary alicyclic amines) is 1. The Balaban J connectivity index is 1.57. The summed E-state index contributed by atoms with van der Waals surface area (Å²) in [6, 6.07) is 8.23. The number of piperidine rings is 1. The van der Waals surface area contributed by atoms with Gasteiger partial charge in [-0.15, -0.1) is 0 Å². The van der Waals surface area contributed by atoms with Crippen LogP contribution in [0.2, 0.25) is 0 Å². The zero-order valence-corrected chi connectivity index (χ0v) is 15.7. The van der Waals surface area contributed by atoms with Gasteiger partial charge in [0.25, 0.3) is 0 Å². The maximum Gasteiger partial charge on any atom is 0.187 e. The lowest BCUT2D eigenvalue weighted by Gasteiger charge is -2.35. The highest BCUT2D eigenvalue weighted by Gasteiger charge is 2.22. The van der Waals surface area contributed by atoms with E-state index in [2.05, 4.69) is 21.8 Å². The summed E-state index contributed by atoms with van der Waals surface area (Å²) < 4.78 is 0. The molecule has 2 heterocycles. The second kappa shape index (κ2) is 9.20. The molecule has 134 valence electrons. The van der Waals surface area contributed by atoms with E-state index < -0.39 is 0 Å². The number of phenols is 1. The molecule has 0 spiro atoms. The van der Waals surface area contributed by atoms with Crippen molar-refractivity contribution in [2.24, 2.45) is 0 Å². The average molecular weight is 358 g/mol. The van der Waals surface area contributed by atoms with Crippen molar-refractivity contribution in [3.8, 4) is 5.75 Å². The van der Waals surface area contributed by atoms with Gasteiger partial charge in [-0.05, 0) is 55.7 Å².